The Morgan fingerprint density at radius 2 is 2.21 bits per heavy atom. The number of carboxylic acids is 1. The first kappa shape index (κ1) is 13.2. The van der Waals surface area contributed by atoms with Crippen LogP contribution in [0.5, 0.6) is 0 Å². The summed E-state index contributed by atoms with van der Waals surface area (Å²) in [6, 6.07) is 2.13. The van der Waals surface area contributed by atoms with Crippen molar-refractivity contribution in [1.82, 2.24) is 9.78 Å². The van der Waals surface area contributed by atoms with Crippen molar-refractivity contribution >= 4 is 5.97 Å². The van der Waals surface area contributed by atoms with E-state index in [9.17, 15) is 18.0 Å². The molecule has 2 aromatic rings. The lowest BCUT2D eigenvalue weighted by molar-refractivity contribution is -0.141. The van der Waals surface area contributed by atoms with Gasteiger partial charge in [-0.15, -0.1) is 0 Å². The average molecular weight is 274 g/mol. The molecule has 2 aromatic heterocycles. The molecule has 0 radical (unpaired) electrons. The Labute approximate surface area is 105 Å². The lowest BCUT2D eigenvalue weighted by Crippen LogP contribution is -2.08. The molecule has 102 valence electrons. The maximum atomic E-state index is 12.4. The third kappa shape index (κ3) is 2.78. The van der Waals surface area contributed by atoms with Crippen molar-refractivity contribution in [2.75, 3.05) is 0 Å². The van der Waals surface area contributed by atoms with Crippen molar-refractivity contribution in [3.63, 3.8) is 0 Å². The van der Waals surface area contributed by atoms with Crippen LogP contribution < -0.4 is 0 Å². The molecule has 0 fully saturated rings. The van der Waals surface area contributed by atoms with Crippen LogP contribution in [0, 0.1) is 6.92 Å². The number of nitrogens with zero attached hydrogens (tertiary/aromatic N) is 2. The smallest absolute Gasteiger partial charge is 0.435 e. The summed E-state index contributed by atoms with van der Waals surface area (Å²) in [5.41, 5.74) is -0.527. The molecule has 0 bridgehead atoms. The number of alkyl halides is 3. The van der Waals surface area contributed by atoms with Crippen LogP contribution in [0.3, 0.4) is 0 Å². The molecule has 2 heterocycles. The van der Waals surface area contributed by atoms with Crippen LogP contribution in [0.1, 0.15) is 27.6 Å². The molecule has 0 aliphatic rings. The number of rotatable bonds is 3. The van der Waals surface area contributed by atoms with E-state index < -0.39 is 17.8 Å². The summed E-state index contributed by atoms with van der Waals surface area (Å²) in [6.07, 6.45) is -3.32. The summed E-state index contributed by atoms with van der Waals surface area (Å²) < 4.78 is 43.1. The van der Waals surface area contributed by atoms with E-state index >= 15 is 0 Å². The fourth-order valence-electron chi connectivity index (χ4n) is 1.56. The summed E-state index contributed by atoms with van der Waals surface area (Å²) in [5, 5.41) is 12.1. The molecule has 0 amide bonds. The van der Waals surface area contributed by atoms with Crippen molar-refractivity contribution in [2.24, 2.45) is 0 Å². The third-order valence-corrected chi connectivity index (χ3v) is 2.49. The average Bonchev–Trinajstić information content (AvgIpc) is 2.86. The van der Waals surface area contributed by atoms with Crippen LogP contribution in [-0.2, 0) is 12.7 Å². The standard InChI is InChI=1S/C11H9F3N2O3/c1-6-7(4-8(19-6)10(17)18)5-16-3-2-9(15-16)11(12,13)14/h2-4H,5H2,1H3,(H,17,18). The van der Waals surface area contributed by atoms with Crippen LogP contribution in [0.2, 0.25) is 0 Å². The fraction of sp³-hybridized carbons (Fsp3) is 0.273. The molecule has 0 saturated heterocycles. The number of carboxylic acid groups (broad SMARTS) is 1. The summed E-state index contributed by atoms with van der Waals surface area (Å²) >= 11 is 0. The van der Waals surface area contributed by atoms with E-state index in [2.05, 4.69) is 5.10 Å². The van der Waals surface area contributed by atoms with E-state index in [-0.39, 0.29) is 12.3 Å². The highest BCUT2D eigenvalue weighted by atomic mass is 19.4. The Balaban J connectivity index is 2.22. The lowest BCUT2D eigenvalue weighted by atomic mass is 10.2. The molecule has 0 atom stereocenters. The van der Waals surface area contributed by atoms with Gasteiger partial charge in [-0.3, -0.25) is 4.68 Å². The number of carbonyl (C=O) groups is 1. The van der Waals surface area contributed by atoms with Crippen LogP contribution in [0.4, 0.5) is 13.2 Å². The molecule has 0 aromatic carbocycles. The molecule has 0 aliphatic heterocycles. The third-order valence-electron chi connectivity index (χ3n) is 2.49. The highest BCUT2D eigenvalue weighted by Crippen LogP contribution is 2.27. The van der Waals surface area contributed by atoms with Crippen LogP contribution >= 0.6 is 0 Å². The molecule has 5 nitrogen and oxygen atoms in total. The van der Waals surface area contributed by atoms with Gasteiger partial charge in [0.2, 0.25) is 5.76 Å². The van der Waals surface area contributed by atoms with Gasteiger partial charge in [-0.25, -0.2) is 4.79 Å². The predicted octanol–water partition coefficient (Wildman–Crippen LogP) is 2.55. The van der Waals surface area contributed by atoms with Gasteiger partial charge in [-0.2, -0.15) is 18.3 Å². The summed E-state index contributed by atoms with van der Waals surface area (Å²) in [6.45, 7) is 1.55. The molecule has 0 unspecified atom stereocenters. The number of halogens is 3. The number of aromatic carboxylic acids is 1. The van der Waals surface area contributed by atoms with E-state index in [1.807, 2.05) is 0 Å². The highest BCUT2D eigenvalue weighted by Gasteiger charge is 2.33. The van der Waals surface area contributed by atoms with Gasteiger partial charge >= 0.3 is 12.1 Å². The van der Waals surface area contributed by atoms with Gasteiger partial charge in [0.15, 0.2) is 5.69 Å². The quantitative estimate of drug-likeness (QED) is 0.933. The van der Waals surface area contributed by atoms with E-state index in [0.29, 0.717) is 11.3 Å². The number of hydrogen-bond donors (Lipinski definition) is 1. The van der Waals surface area contributed by atoms with Crippen molar-refractivity contribution in [2.45, 2.75) is 19.6 Å². The van der Waals surface area contributed by atoms with Gasteiger partial charge in [0.1, 0.15) is 5.76 Å². The second kappa shape index (κ2) is 4.45. The van der Waals surface area contributed by atoms with Crippen LogP contribution in [0.15, 0.2) is 22.7 Å². The monoisotopic (exact) mass is 274 g/mol. The molecule has 2 rings (SSSR count). The number of aryl methyl sites for hydroxylation is 1. The first-order valence-electron chi connectivity index (χ1n) is 5.20. The van der Waals surface area contributed by atoms with Gasteiger partial charge in [-0.1, -0.05) is 0 Å². The normalized spacial score (nSPS) is 11.8. The van der Waals surface area contributed by atoms with Gasteiger partial charge in [0, 0.05) is 11.8 Å². The Morgan fingerprint density at radius 1 is 1.53 bits per heavy atom. The zero-order valence-corrected chi connectivity index (χ0v) is 9.73. The summed E-state index contributed by atoms with van der Waals surface area (Å²) in [7, 11) is 0. The van der Waals surface area contributed by atoms with Crippen molar-refractivity contribution in [3.05, 3.63) is 41.1 Å². The number of furan rings is 1. The molecular formula is C11H9F3N2O3. The fourth-order valence-corrected chi connectivity index (χ4v) is 1.56. The molecule has 8 heteroatoms. The SMILES string of the molecule is Cc1oc(C(=O)O)cc1Cn1ccc(C(F)(F)F)n1. The van der Waals surface area contributed by atoms with Gasteiger partial charge < -0.3 is 9.52 Å². The van der Waals surface area contributed by atoms with Gasteiger partial charge in [0.05, 0.1) is 6.54 Å². The first-order valence-corrected chi connectivity index (χ1v) is 5.20. The van der Waals surface area contributed by atoms with Gasteiger partial charge in [-0.05, 0) is 19.1 Å². The lowest BCUT2D eigenvalue weighted by Gasteiger charge is -2.02. The van der Waals surface area contributed by atoms with Crippen LogP contribution in [0.25, 0.3) is 0 Å². The van der Waals surface area contributed by atoms with Crippen molar-refractivity contribution in [1.29, 1.82) is 0 Å². The zero-order chi connectivity index (χ0) is 14.2. The maximum Gasteiger partial charge on any atom is 0.435 e. The Hall–Kier alpha value is -2.25. The second-order valence-electron chi connectivity index (χ2n) is 3.89. The molecule has 0 spiro atoms. The Kier molecular flexibility index (Phi) is 3.09. The summed E-state index contributed by atoms with van der Waals surface area (Å²) in [5.74, 6) is -1.15. The predicted molar refractivity (Wildman–Crippen MR) is 56.7 cm³/mol. The van der Waals surface area contributed by atoms with Crippen LogP contribution in [-0.4, -0.2) is 20.9 Å². The van der Waals surface area contributed by atoms with E-state index in [1.165, 1.54) is 19.2 Å². The molecule has 0 saturated carbocycles. The minimum atomic E-state index is -4.50. The minimum absolute atomic E-state index is 0.0126. The molecule has 0 aliphatic carbocycles. The van der Waals surface area contributed by atoms with Crippen molar-refractivity contribution < 1.29 is 27.5 Å². The van der Waals surface area contributed by atoms with Gasteiger partial charge in [0.25, 0.3) is 0 Å². The van der Waals surface area contributed by atoms with E-state index in [0.717, 1.165) is 10.7 Å². The zero-order valence-electron chi connectivity index (χ0n) is 9.73. The maximum absolute atomic E-state index is 12.4. The second-order valence-corrected chi connectivity index (χ2v) is 3.89. The molecule has 1 N–H and O–H groups in total. The van der Waals surface area contributed by atoms with E-state index in [1.54, 1.807) is 0 Å². The largest absolute Gasteiger partial charge is 0.475 e. The highest BCUT2D eigenvalue weighted by molar-refractivity contribution is 5.84. The number of aromatic nitrogens is 2. The topological polar surface area (TPSA) is 68.3 Å². The Bertz CT molecular complexity index is 613. The minimum Gasteiger partial charge on any atom is -0.475 e. The summed E-state index contributed by atoms with van der Waals surface area (Å²) in [4.78, 5) is 10.7. The molecule has 19 heavy (non-hydrogen) atoms. The van der Waals surface area contributed by atoms with Crippen molar-refractivity contribution in [3.8, 4) is 0 Å². The molecular weight excluding hydrogens is 265 g/mol. The van der Waals surface area contributed by atoms with E-state index in [4.69, 9.17) is 9.52 Å². The number of hydrogen-bond acceptors (Lipinski definition) is 3. The Morgan fingerprint density at radius 3 is 2.68 bits per heavy atom. The first-order chi connectivity index (χ1) is 8.77.